The van der Waals surface area contributed by atoms with Crippen LogP contribution in [0.2, 0.25) is 0 Å². The van der Waals surface area contributed by atoms with Gasteiger partial charge in [-0.05, 0) is 48.9 Å². The zero-order valence-corrected chi connectivity index (χ0v) is 16.3. The van der Waals surface area contributed by atoms with Gasteiger partial charge < -0.3 is 15.7 Å². The van der Waals surface area contributed by atoms with Crippen molar-refractivity contribution in [3.05, 3.63) is 42.1 Å². The van der Waals surface area contributed by atoms with E-state index in [2.05, 4.69) is 9.88 Å². The molecule has 2 aromatic rings. The summed E-state index contributed by atoms with van der Waals surface area (Å²) in [7, 11) is 0. The summed E-state index contributed by atoms with van der Waals surface area (Å²) < 4.78 is 0. The Morgan fingerprint density at radius 1 is 1.07 bits per heavy atom. The molecular formula is C23H29N3O2. The van der Waals surface area contributed by atoms with Crippen molar-refractivity contribution in [3.63, 3.8) is 0 Å². The Bertz CT molecular complexity index is 828. The van der Waals surface area contributed by atoms with E-state index in [1.807, 2.05) is 24.3 Å². The molecule has 1 amide bonds. The highest BCUT2D eigenvalue weighted by molar-refractivity contribution is 5.95. The number of amides is 1. The Hall–Kier alpha value is -2.56. The normalized spacial score (nSPS) is 20.4. The average molecular weight is 380 g/mol. The van der Waals surface area contributed by atoms with Crippen molar-refractivity contribution in [1.29, 1.82) is 0 Å². The van der Waals surface area contributed by atoms with Crippen molar-refractivity contribution < 1.29 is 9.90 Å². The summed E-state index contributed by atoms with van der Waals surface area (Å²) in [6.45, 7) is 0.869. The first kappa shape index (κ1) is 18.8. The standard InChI is InChI=1S/C23H29N3O2/c24-22-21(27)14-19(15-25-22)17-8-10-18(11-9-17)23(28)26-12-4-7-20(26)13-16-5-2-1-3-6-16/h8-11,14-16,20,27H,1-7,12-13H2,(H2,24,25)/t20-/m1/s1. The van der Waals surface area contributed by atoms with Gasteiger partial charge in [-0.3, -0.25) is 4.79 Å². The number of carbonyl (C=O) groups excluding carboxylic acids is 1. The van der Waals surface area contributed by atoms with E-state index < -0.39 is 0 Å². The first-order chi connectivity index (χ1) is 13.6. The lowest BCUT2D eigenvalue weighted by Gasteiger charge is -2.30. The lowest BCUT2D eigenvalue weighted by molar-refractivity contribution is 0.0711. The smallest absolute Gasteiger partial charge is 0.254 e. The molecular weight excluding hydrogens is 350 g/mol. The zero-order valence-electron chi connectivity index (χ0n) is 16.3. The monoisotopic (exact) mass is 379 g/mol. The molecule has 0 unspecified atom stereocenters. The molecule has 2 fully saturated rings. The molecule has 4 rings (SSSR count). The van der Waals surface area contributed by atoms with E-state index in [1.54, 1.807) is 12.3 Å². The summed E-state index contributed by atoms with van der Waals surface area (Å²) in [4.78, 5) is 19.2. The van der Waals surface area contributed by atoms with Crippen LogP contribution in [0.3, 0.4) is 0 Å². The molecule has 1 aliphatic carbocycles. The van der Waals surface area contributed by atoms with Gasteiger partial charge in [-0.2, -0.15) is 0 Å². The third kappa shape index (κ3) is 3.98. The number of pyridine rings is 1. The minimum Gasteiger partial charge on any atom is -0.504 e. The van der Waals surface area contributed by atoms with Gasteiger partial charge in [0.25, 0.3) is 5.91 Å². The first-order valence-corrected chi connectivity index (χ1v) is 10.5. The maximum absolute atomic E-state index is 13.1. The van der Waals surface area contributed by atoms with E-state index in [0.29, 0.717) is 6.04 Å². The fourth-order valence-electron chi connectivity index (χ4n) is 4.75. The number of aromatic nitrogens is 1. The first-order valence-electron chi connectivity index (χ1n) is 10.5. The van der Waals surface area contributed by atoms with E-state index in [4.69, 9.17) is 5.73 Å². The van der Waals surface area contributed by atoms with E-state index in [-0.39, 0.29) is 17.5 Å². The van der Waals surface area contributed by atoms with Gasteiger partial charge >= 0.3 is 0 Å². The van der Waals surface area contributed by atoms with Crippen molar-refractivity contribution in [2.75, 3.05) is 12.3 Å². The Morgan fingerprint density at radius 2 is 1.82 bits per heavy atom. The fraction of sp³-hybridized carbons (Fsp3) is 0.478. The maximum atomic E-state index is 13.1. The molecule has 0 radical (unpaired) electrons. The Balaban J connectivity index is 1.45. The van der Waals surface area contributed by atoms with Crippen LogP contribution in [0.5, 0.6) is 5.75 Å². The van der Waals surface area contributed by atoms with Crippen molar-refractivity contribution in [1.82, 2.24) is 9.88 Å². The van der Waals surface area contributed by atoms with E-state index in [0.717, 1.165) is 42.0 Å². The summed E-state index contributed by atoms with van der Waals surface area (Å²) in [5.74, 6) is 1.03. The summed E-state index contributed by atoms with van der Waals surface area (Å²) in [6.07, 6.45) is 11.8. The van der Waals surface area contributed by atoms with Crippen molar-refractivity contribution in [2.24, 2.45) is 5.92 Å². The molecule has 5 heteroatoms. The van der Waals surface area contributed by atoms with Crippen LogP contribution in [0.4, 0.5) is 5.82 Å². The van der Waals surface area contributed by atoms with Gasteiger partial charge in [0.2, 0.25) is 0 Å². The van der Waals surface area contributed by atoms with Crippen LogP contribution in [-0.4, -0.2) is 33.5 Å². The van der Waals surface area contributed by atoms with E-state index >= 15 is 0 Å². The van der Waals surface area contributed by atoms with Gasteiger partial charge in [0.15, 0.2) is 11.6 Å². The highest BCUT2D eigenvalue weighted by Gasteiger charge is 2.31. The van der Waals surface area contributed by atoms with Gasteiger partial charge in [-0.25, -0.2) is 4.98 Å². The lowest BCUT2D eigenvalue weighted by atomic mass is 9.84. The van der Waals surface area contributed by atoms with Gasteiger partial charge in [0.05, 0.1) is 0 Å². The van der Waals surface area contributed by atoms with Crippen LogP contribution in [-0.2, 0) is 0 Å². The number of anilines is 1. The van der Waals surface area contributed by atoms with Gasteiger partial charge in [0.1, 0.15) is 0 Å². The maximum Gasteiger partial charge on any atom is 0.254 e. The lowest BCUT2D eigenvalue weighted by Crippen LogP contribution is -2.37. The number of likely N-dealkylation sites (tertiary alicyclic amines) is 1. The average Bonchev–Trinajstić information content (AvgIpc) is 3.18. The summed E-state index contributed by atoms with van der Waals surface area (Å²) in [5.41, 5.74) is 7.98. The number of hydrogen-bond donors (Lipinski definition) is 2. The van der Waals surface area contributed by atoms with Crippen LogP contribution in [0.25, 0.3) is 11.1 Å². The molecule has 1 aliphatic heterocycles. The van der Waals surface area contributed by atoms with Gasteiger partial charge in [-0.15, -0.1) is 0 Å². The molecule has 0 spiro atoms. The molecule has 1 aromatic heterocycles. The zero-order chi connectivity index (χ0) is 19.5. The van der Waals surface area contributed by atoms with Crippen LogP contribution >= 0.6 is 0 Å². The molecule has 148 valence electrons. The summed E-state index contributed by atoms with van der Waals surface area (Å²) >= 11 is 0. The number of nitrogens with two attached hydrogens (primary N) is 1. The molecule has 1 atom stereocenters. The number of rotatable bonds is 4. The van der Waals surface area contributed by atoms with Gasteiger partial charge in [-0.1, -0.05) is 44.2 Å². The predicted molar refractivity (Wildman–Crippen MR) is 111 cm³/mol. The second-order valence-corrected chi connectivity index (χ2v) is 8.24. The van der Waals surface area contributed by atoms with Crippen molar-refractivity contribution in [2.45, 2.75) is 57.4 Å². The van der Waals surface area contributed by atoms with Crippen LogP contribution in [0, 0.1) is 5.92 Å². The number of carbonyl (C=O) groups is 1. The largest absolute Gasteiger partial charge is 0.504 e. The Labute approximate surface area is 166 Å². The van der Waals surface area contributed by atoms with Crippen molar-refractivity contribution >= 4 is 11.7 Å². The molecule has 2 heterocycles. The third-order valence-corrected chi connectivity index (χ3v) is 6.33. The summed E-state index contributed by atoms with van der Waals surface area (Å²) in [6, 6.07) is 9.56. The number of aromatic hydroxyl groups is 1. The summed E-state index contributed by atoms with van der Waals surface area (Å²) in [5, 5.41) is 9.76. The topological polar surface area (TPSA) is 79.5 Å². The van der Waals surface area contributed by atoms with Crippen LogP contribution < -0.4 is 5.73 Å². The second-order valence-electron chi connectivity index (χ2n) is 8.24. The minimum absolute atomic E-state index is 0.0275. The number of nitrogen functional groups attached to an aromatic ring is 1. The van der Waals surface area contributed by atoms with Gasteiger partial charge in [0, 0.05) is 29.9 Å². The van der Waals surface area contributed by atoms with Crippen LogP contribution in [0.15, 0.2) is 36.5 Å². The molecule has 1 aromatic carbocycles. The predicted octanol–water partition coefficient (Wildman–Crippen LogP) is 4.61. The molecule has 1 saturated carbocycles. The van der Waals surface area contributed by atoms with Crippen molar-refractivity contribution in [3.8, 4) is 16.9 Å². The quantitative estimate of drug-likeness (QED) is 0.813. The Morgan fingerprint density at radius 3 is 2.54 bits per heavy atom. The number of benzene rings is 1. The molecule has 2 aliphatic rings. The minimum atomic E-state index is -0.0275. The fourth-order valence-corrected chi connectivity index (χ4v) is 4.75. The Kier molecular flexibility index (Phi) is 5.51. The van der Waals surface area contributed by atoms with Crippen LogP contribution in [0.1, 0.15) is 61.7 Å². The molecule has 5 nitrogen and oxygen atoms in total. The number of nitrogens with zero attached hydrogens (tertiary/aromatic N) is 2. The molecule has 28 heavy (non-hydrogen) atoms. The highest BCUT2D eigenvalue weighted by atomic mass is 16.3. The SMILES string of the molecule is Nc1ncc(-c2ccc(C(=O)N3CCC[C@@H]3CC3CCCCC3)cc2)cc1O. The third-order valence-electron chi connectivity index (χ3n) is 6.33. The number of hydrogen-bond acceptors (Lipinski definition) is 4. The van der Waals surface area contributed by atoms with E-state index in [9.17, 15) is 9.90 Å². The molecule has 0 bridgehead atoms. The molecule has 3 N–H and O–H groups in total. The molecule has 1 saturated heterocycles. The second kappa shape index (κ2) is 8.21. The highest BCUT2D eigenvalue weighted by Crippen LogP contribution is 2.33. The van der Waals surface area contributed by atoms with E-state index in [1.165, 1.54) is 38.5 Å².